The van der Waals surface area contributed by atoms with E-state index in [0.29, 0.717) is 17.2 Å². The first-order valence-corrected chi connectivity index (χ1v) is 7.92. The van der Waals surface area contributed by atoms with Gasteiger partial charge in [0.2, 0.25) is 0 Å². The molecule has 1 amide bonds. The van der Waals surface area contributed by atoms with Gasteiger partial charge in [0.1, 0.15) is 5.58 Å². The summed E-state index contributed by atoms with van der Waals surface area (Å²) in [5, 5.41) is 3.79. The van der Waals surface area contributed by atoms with E-state index in [2.05, 4.69) is 10.3 Å². The van der Waals surface area contributed by atoms with Gasteiger partial charge in [0, 0.05) is 16.6 Å². The minimum Gasteiger partial charge on any atom is -0.451 e. The summed E-state index contributed by atoms with van der Waals surface area (Å²) in [6.45, 7) is 3.91. The Morgan fingerprint density at radius 2 is 1.96 bits per heavy atom. The maximum Gasteiger partial charge on any atom is 0.291 e. The van der Waals surface area contributed by atoms with Crippen LogP contribution < -0.4 is 5.32 Å². The summed E-state index contributed by atoms with van der Waals surface area (Å²) in [4.78, 5) is 16.4. The van der Waals surface area contributed by atoms with E-state index in [1.807, 2.05) is 50.2 Å². The molecule has 25 heavy (non-hydrogen) atoms. The van der Waals surface area contributed by atoms with E-state index in [0.717, 1.165) is 27.7 Å². The Hall–Kier alpha value is -3.34. The Kier molecular flexibility index (Phi) is 3.61. The zero-order chi connectivity index (χ0) is 17.4. The van der Waals surface area contributed by atoms with Gasteiger partial charge in [0.25, 0.3) is 5.91 Å². The van der Waals surface area contributed by atoms with Crippen LogP contribution in [0.25, 0.3) is 22.3 Å². The van der Waals surface area contributed by atoms with Gasteiger partial charge in [-0.15, -0.1) is 0 Å². The molecule has 1 N–H and O–H groups in total. The molecule has 0 aliphatic heterocycles. The number of aryl methyl sites for hydroxylation is 2. The Morgan fingerprint density at radius 3 is 2.68 bits per heavy atom. The zero-order valence-corrected chi connectivity index (χ0v) is 13.9. The highest BCUT2D eigenvalue weighted by atomic mass is 16.3. The zero-order valence-electron chi connectivity index (χ0n) is 13.9. The van der Waals surface area contributed by atoms with Crippen LogP contribution in [-0.2, 0) is 0 Å². The number of oxazole rings is 1. The second kappa shape index (κ2) is 5.94. The lowest BCUT2D eigenvalue weighted by molar-refractivity contribution is 0.0998. The Bertz CT molecular complexity index is 1060. The molecular weight excluding hydrogens is 316 g/mol. The molecule has 0 atom stereocenters. The number of anilines is 1. The molecule has 0 radical (unpaired) electrons. The lowest BCUT2D eigenvalue weighted by atomic mass is 10.1. The molecule has 2 heterocycles. The van der Waals surface area contributed by atoms with Crippen molar-refractivity contribution in [1.82, 2.24) is 4.98 Å². The third-order valence-electron chi connectivity index (χ3n) is 4.15. The van der Waals surface area contributed by atoms with E-state index >= 15 is 0 Å². The third kappa shape index (κ3) is 2.80. The van der Waals surface area contributed by atoms with Crippen molar-refractivity contribution in [2.75, 3.05) is 5.32 Å². The normalized spacial score (nSPS) is 11.0. The topological polar surface area (TPSA) is 68.3 Å². The summed E-state index contributed by atoms with van der Waals surface area (Å²) in [5.41, 5.74) is 4.36. The van der Waals surface area contributed by atoms with Gasteiger partial charge in [-0.3, -0.25) is 4.79 Å². The number of benzene rings is 2. The first kappa shape index (κ1) is 15.2. The second-order valence-corrected chi connectivity index (χ2v) is 5.95. The highest BCUT2D eigenvalue weighted by Crippen LogP contribution is 2.27. The van der Waals surface area contributed by atoms with E-state index in [9.17, 15) is 4.79 Å². The van der Waals surface area contributed by atoms with Crippen LogP contribution in [0.15, 0.2) is 63.9 Å². The number of carbonyl (C=O) groups excluding carboxylic acids is 1. The standard InChI is InChI=1S/C20H16N2O3/c1-12-4-3-5-14-9-17(25-19(12)14)20(23)22-15-6-7-16(13(2)8-15)18-10-21-11-24-18/h3-11H,1-2H3,(H,22,23). The summed E-state index contributed by atoms with van der Waals surface area (Å²) < 4.78 is 11.0. The summed E-state index contributed by atoms with van der Waals surface area (Å²) >= 11 is 0. The number of amides is 1. The molecule has 0 bridgehead atoms. The van der Waals surface area contributed by atoms with Crippen molar-refractivity contribution < 1.29 is 13.6 Å². The predicted molar refractivity (Wildman–Crippen MR) is 95.6 cm³/mol. The van der Waals surface area contributed by atoms with Crippen LogP contribution in [0.3, 0.4) is 0 Å². The molecule has 0 spiro atoms. The van der Waals surface area contributed by atoms with Crippen LogP contribution in [-0.4, -0.2) is 10.9 Å². The number of fused-ring (bicyclic) bond motifs is 1. The second-order valence-electron chi connectivity index (χ2n) is 5.95. The van der Waals surface area contributed by atoms with Crippen LogP contribution >= 0.6 is 0 Å². The summed E-state index contributed by atoms with van der Waals surface area (Å²) in [7, 11) is 0. The molecule has 4 aromatic rings. The molecule has 4 rings (SSSR count). The smallest absolute Gasteiger partial charge is 0.291 e. The number of carbonyl (C=O) groups is 1. The van der Waals surface area contributed by atoms with E-state index in [4.69, 9.17) is 8.83 Å². The van der Waals surface area contributed by atoms with Gasteiger partial charge < -0.3 is 14.2 Å². The molecule has 5 nitrogen and oxygen atoms in total. The van der Waals surface area contributed by atoms with Gasteiger partial charge in [-0.1, -0.05) is 18.2 Å². The number of hydrogen-bond donors (Lipinski definition) is 1. The van der Waals surface area contributed by atoms with Crippen LogP contribution in [0.4, 0.5) is 5.69 Å². The van der Waals surface area contributed by atoms with E-state index in [1.165, 1.54) is 6.39 Å². The lowest BCUT2D eigenvalue weighted by Crippen LogP contribution is -2.10. The fraction of sp³-hybridized carbons (Fsp3) is 0.100. The number of aromatic nitrogens is 1. The van der Waals surface area contributed by atoms with Gasteiger partial charge in [0.15, 0.2) is 17.9 Å². The molecular formula is C20H16N2O3. The Balaban J connectivity index is 1.60. The quantitative estimate of drug-likeness (QED) is 0.576. The molecule has 0 aliphatic carbocycles. The molecule has 2 aromatic heterocycles. The van der Waals surface area contributed by atoms with Crippen LogP contribution in [0, 0.1) is 13.8 Å². The van der Waals surface area contributed by atoms with Gasteiger partial charge in [-0.05, 0) is 49.2 Å². The van der Waals surface area contributed by atoms with Crippen molar-refractivity contribution in [1.29, 1.82) is 0 Å². The number of nitrogens with one attached hydrogen (secondary N) is 1. The van der Waals surface area contributed by atoms with Crippen molar-refractivity contribution in [3.8, 4) is 11.3 Å². The van der Waals surface area contributed by atoms with Crippen molar-refractivity contribution in [3.63, 3.8) is 0 Å². The molecule has 2 aromatic carbocycles. The van der Waals surface area contributed by atoms with Gasteiger partial charge in [-0.25, -0.2) is 4.98 Å². The van der Waals surface area contributed by atoms with Crippen LogP contribution in [0.5, 0.6) is 0 Å². The summed E-state index contributed by atoms with van der Waals surface area (Å²) in [5.74, 6) is 0.715. The Labute approximate surface area is 144 Å². The van der Waals surface area contributed by atoms with Crippen LogP contribution in [0.2, 0.25) is 0 Å². The molecule has 0 saturated heterocycles. The molecule has 0 saturated carbocycles. The molecule has 0 aliphatic rings. The van der Waals surface area contributed by atoms with E-state index in [-0.39, 0.29) is 5.91 Å². The van der Waals surface area contributed by atoms with Gasteiger partial charge in [-0.2, -0.15) is 0 Å². The lowest BCUT2D eigenvalue weighted by Gasteiger charge is -2.07. The van der Waals surface area contributed by atoms with E-state index in [1.54, 1.807) is 12.3 Å². The van der Waals surface area contributed by atoms with Crippen LogP contribution in [0.1, 0.15) is 21.7 Å². The largest absolute Gasteiger partial charge is 0.451 e. The minimum atomic E-state index is -0.276. The highest BCUT2D eigenvalue weighted by Gasteiger charge is 2.14. The van der Waals surface area contributed by atoms with Crippen molar-refractivity contribution in [3.05, 3.63) is 71.9 Å². The number of para-hydroxylation sites is 1. The van der Waals surface area contributed by atoms with Crippen molar-refractivity contribution in [2.24, 2.45) is 0 Å². The van der Waals surface area contributed by atoms with E-state index < -0.39 is 0 Å². The molecule has 5 heteroatoms. The fourth-order valence-corrected chi connectivity index (χ4v) is 2.88. The SMILES string of the molecule is Cc1cc(NC(=O)c2cc3cccc(C)c3o2)ccc1-c1cnco1. The number of furan rings is 1. The fourth-order valence-electron chi connectivity index (χ4n) is 2.88. The first-order valence-electron chi connectivity index (χ1n) is 7.92. The predicted octanol–water partition coefficient (Wildman–Crippen LogP) is 4.96. The number of hydrogen-bond acceptors (Lipinski definition) is 4. The first-order chi connectivity index (χ1) is 12.1. The maximum absolute atomic E-state index is 12.5. The van der Waals surface area contributed by atoms with Crippen molar-refractivity contribution in [2.45, 2.75) is 13.8 Å². The maximum atomic E-state index is 12.5. The minimum absolute atomic E-state index is 0.276. The third-order valence-corrected chi connectivity index (χ3v) is 4.15. The Morgan fingerprint density at radius 1 is 1.08 bits per heavy atom. The number of rotatable bonds is 3. The molecule has 0 fully saturated rings. The summed E-state index contributed by atoms with van der Waals surface area (Å²) in [6, 6.07) is 13.2. The van der Waals surface area contributed by atoms with Gasteiger partial charge >= 0.3 is 0 Å². The number of nitrogens with zero attached hydrogens (tertiary/aromatic N) is 1. The highest BCUT2D eigenvalue weighted by molar-refractivity contribution is 6.05. The summed E-state index contributed by atoms with van der Waals surface area (Å²) in [6.07, 6.45) is 3.06. The molecule has 124 valence electrons. The average Bonchev–Trinajstić information content (AvgIpc) is 3.25. The molecule has 0 unspecified atom stereocenters. The average molecular weight is 332 g/mol. The van der Waals surface area contributed by atoms with Crippen molar-refractivity contribution >= 4 is 22.6 Å². The monoisotopic (exact) mass is 332 g/mol. The van der Waals surface area contributed by atoms with Gasteiger partial charge in [0.05, 0.1) is 6.20 Å².